The molecule has 204 valence electrons. The molecular formula is C31H26N6O2S2. The number of anilines is 2. The molecule has 2 heterocycles. The van der Waals surface area contributed by atoms with E-state index in [0.29, 0.717) is 0 Å². The van der Waals surface area contributed by atoms with Crippen LogP contribution in [0.1, 0.15) is 11.1 Å². The number of rotatable bonds is 10. The van der Waals surface area contributed by atoms with Gasteiger partial charge in [0.05, 0.1) is 33.6 Å². The number of para-hydroxylation sites is 4. The topological polar surface area (TPSA) is 116 Å². The Morgan fingerprint density at radius 2 is 1.00 bits per heavy atom. The second-order valence-electron chi connectivity index (χ2n) is 9.36. The number of fused-ring (bicyclic) bond motifs is 2. The van der Waals surface area contributed by atoms with Gasteiger partial charge in [0.2, 0.25) is 11.8 Å². The lowest BCUT2D eigenvalue weighted by molar-refractivity contribution is -0.114. The van der Waals surface area contributed by atoms with Crippen molar-refractivity contribution < 1.29 is 9.59 Å². The first-order valence-corrected chi connectivity index (χ1v) is 15.0. The number of nitrogens with zero attached hydrogens (tertiary/aromatic N) is 2. The van der Waals surface area contributed by atoms with Crippen molar-refractivity contribution >= 4 is 68.8 Å². The highest BCUT2D eigenvalue weighted by atomic mass is 32.2. The van der Waals surface area contributed by atoms with Crippen LogP contribution >= 0.6 is 23.5 Å². The van der Waals surface area contributed by atoms with Gasteiger partial charge in [-0.25, -0.2) is 9.97 Å². The van der Waals surface area contributed by atoms with Crippen LogP contribution in [0.2, 0.25) is 0 Å². The zero-order chi connectivity index (χ0) is 28.0. The predicted molar refractivity (Wildman–Crippen MR) is 167 cm³/mol. The van der Waals surface area contributed by atoms with Crippen LogP contribution in [0.3, 0.4) is 0 Å². The SMILES string of the molecule is O=C(CSc1nc2ccccc2[nH]1)Nc1ccc(Cc2ccc(NC(=O)CSc3nc4ccccc4[nH]3)cc2)cc1. The number of carbonyl (C=O) groups is 2. The second kappa shape index (κ2) is 12.3. The van der Waals surface area contributed by atoms with Gasteiger partial charge in [0.15, 0.2) is 10.3 Å². The Morgan fingerprint density at radius 3 is 1.41 bits per heavy atom. The molecule has 0 spiro atoms. The van der Waals surface area contributed by atoms with Gasteiger partial charge in [0.1, 0.15) is 0 Å². The minimum Gasteiger partial charge on any atom is -0.333 e. The zero-order valence-corrected chi connectivity index (χ0v) is 23.5. The fourth-order valence-electron chi connectivity index (χ4n) is 4.31. The standard InChI is InChI=1S/C31H26N6O2S2/c38-28(18-40-30-34-24-5-1-2-6-25(24)35-30)32-22-13-9-20(10-14-22)17-21-11-15-23(16-12-21)33-29(39)19-41-31-36-26-7-3-4-8-27(26)37-31/h1-16H,17-19H2,(H,32,38)(H,33,39)(H,34,35)(H,36,37). The van der Waals surface area contributed by atoms with Gasteiger partial charge in [-0.05, 0) is 66.1 Å². The zero-order valence-electron chi connectivity index (χ0n) is 21.9. The molecule has 10 heteroatoms. The maximum Gasteiger partial charge on any atom is 0.234 e. The molecular weight excluding hydrogens is 553 g/mol. The van der Waals surface area contributed by atoms with Crippen LogP contribution in [0.25, 0.3) is 22.1 Å². The molecule has 6 aromatic rings. The van der Waals surface area contributed by atoms with E-state index in [-0.39, 0.29) is 23.3 Å². The highest BCUT2D eigenvalue weighted by Crippen LogP contribution is 2.22. The summed E-state index contributed by atoms with van der Waals surface area (Å²) in [5.41, 5.74) is 7.45. The van der Waals surface area contributed by atoms with Crippen molar-refractivity contribution in [2.24, 2.45) is 0 Å². The maximum atomic E-state index is 12.4. The highest BCUT2D eigenvalue weighted by Gasteiger charge is 2.09. The average Bonchev–Trinajstić information content (AvgIpc) is 3.61. The number of benzene rings is 4. The number of nitrogens with one attached hydrogen (secondary N) is 4. The van der Waals surface area contributed by atoms with Gasteiger partial charge in [-0.3, -0.25) is 9.59 Å². The van der Waals surface area contributed by atoms with Crippen molar-refractivity contribution in [2.45, 2.75) is 16.7 Å². The molecule has 0 saturated heterocycles. The van der Waals surface area contributed by atoms with Crippen LogP contribution in [-0.4, -0.2) is 43.3 Å². The molecule has 6 rings (SSSR count). The molecule has 0 atom stereocenters. The number of hydrogen-bond donors (Lipinski definition) is 4. The monoisotopic (exact) mass is 578 g/mol. The molecule has 2 amide bonds. The van der Waals surface area contributed by atoms with Crippen molar-refractivity contribution in [3.8, 4) is 0 Å². The van der Waals surface area contributed by atoms with Gasteiger partial charge >= 0.3 is 0 Å². The second-order valence-corrected chi connectivity index (χ2v) is 11.3. The summed E-state index contributed by atoms with van der Waals surface area (Å²) >= 11 is 2.75. The lowest BCUT2D eigenvalue weighted by Gasteiger charge is -2.08. The van der Waals surface area contributed by atoms with Gasteiger partial charge in [-0.15, -0.1) is 0 Å². The van der Waals surface area contributed by atoms with E-state index in [0.717, 1.165) is 61.3 Å². The van der Waals surface area contributed by atoms with E-state index >= 15 is 0 Å². The third-order valence-corrected chi connectivity index (χ3v) is 8.05. The minimum atomic E-state index is -0.0863. The Hall–Kier alpha value is -4.54. The summed E-state index contributed by atoms with van der Waals surface area (Å²) in [5.74, 6) is 0.361. The van der Waals surface area contributed by atoms with Crippen molar-refractivity contribution in [3.63, 3.8) is 0 Å². The Morgan fingerprint density at radius 1 is 0.585 bits per heavy atom. The number of imidazole rings is 2. The molecule has 0 fully saturated rings. The summed E-state index contributed by atoms with van der Waals surface area (Å²) in [4.78, 5) is 40.3. The first kappa shape index (κ1) is 26.7. The van der Waals surface area contributed by atoms with E-state index in [1.807, 2.05) is 97.1 Å². The molecule has 4 aromatic carbocycles. The molecule has 0 saturated carbocycles. The number of H-pyrrole nitrogens is 2. The van der Waals surface area contributed by atoms with Crippen LogP contribution < -0.4 is 10.6 Å². The molecule has 0 aliphatic heterocycles. The van der Waals surface area contributed by atoms with E-state index in [1.54, 1.807) is 0 Å². The Labute approximate surface area is 244 Å². The summed E-state index contributed by atoms with van der Waals surface area (Å²) in [5, 5.41) is 7.33. The maximum absolute atomic E-state index is 12.4. The van der Waals surface area contributed by atoms with Gasteiger partial charge in [0.25, 0.3) is 0 Å². The third kappa shape index (κ3) is 6.97. The van der Waals surface area contributed by atoms with Crippen LogP contribution in [0.15, 0.2) is 107 Å². The summed E-state index contributed by atoms with van der Waals surface area (Å²) in [6.07, 6.45) is 0.742. The first-order valence-electron chi connectivity index (χ1n) is 13.0. The van der Waals surface area contributed by atoms with Crippen LogP contribution in [0.4, 0.5) is 11.4 Å². The number of hydrogen-bond acceptors (Lipinski definition) is 6. The predicted octanol–water partition coefficient (Wildman–Crippen LogP) is 6.49. The van der Waals surface area contributed by atoms with E-state index in [4.69, 9.17) is 0 Å². The number of aromatic nitrogens is 4. The lowest BCUT2D eigenvalue weighted by atomic mass is 10.0. The molecule has 41 heavy (non-hydrogen) atoms. The average molecular weight is 579 g/mol. The van der Waals surface area contributed by atoms with E-state index in [9.17, 15) is 9.59 Å². The van der Waals surface area contributed by atoms with Crippen molar-refractivity contribution in [3.05, 3.63) is 108 Å². The number of carbonyl (C=O) groups excluding carboxylic acids is 2. The van der Waals surface area contributed by atoms with Crippen LogP contribution in [0.5, 0.6) is 0 Å². The molecule has 0 radical (unpaired) electrons. The van der Waals surface area contributed by atoms with Crippen LogP contribution in [-0.2, 0) is 16.0 Å². The van der Waals surface area contributed by atoms with E-state index in [1.165, 1.54) is 23.5 Å². The summed E-state index contributed by atoms with van der Waals surface area (Å²) in [6, 6.07) is 31.3. The third-order valence-electron chi connectivity index (χ3n) is 6.30. The van der Waals surface area contributed by atoms with Crippen molar-refractivity contribution in [2.75, 3.05) is 22.1 Å². The number of amides is 2. The number of aromatic amines is 2. The van der Waals surface area contributed by atoms with Crippen molar-refractivity contribution in [1.29, 1.82) is 0 Å². The smallest absolute Gasteiger partial charge is 0.234 e. The molecule has 0 bridgehead atoms. The van der Waals surface area contributed by atoms with Crippen LogP contribution in [0, 0.1) is 0 Å². The normalized spacial score (nSPS) is 11.1. The lowest BCUT2D eigenvalue weighted by Crippen LogP contribution is -2.14. The van der Waals surface area contributed by atoms with Gasteiger partial charge in [0, 0.05) is 11.4 Å². The quantitative estimate of drug-likeness (QED) is 0.138. The fourth-order valence-corrected chi connectivity index (χ4v) is 5.68. The molecule has 0 aliphatic carbocycles. The Balaban J connectivity index is 0.949. The first-order chi connectivity index (χ1) is 20.1. The molecule has 4 N–H and O–H groups in total. The van der Waals surface area contributed by atoms with Gasteiger partial charge in [-0.1, -0.05) is 72.1 Å². The van der Waals surface area contributed by atoms with Gasteiger partial charge in [-0.2, -0.15) is 0 Å². The summed E-state index contributed by atoms with van der Waals surface area (Å²) in [6.45, 7) is 0. The van der Waals surface area contributed by atoms with Gasteiger partial charge < -0.3 is 20.6 Å². The Bertz CT molecular complexity index is 1610. The molecule has 2 aromatic heterocycles. The van der Waals surface area contributed by atoms with E-state index < -0.39 is 0 Å². The highest BCUT2D eigenvalue weighted by molar-refractivity contribution is 8.00. The Kier molecular flexibility index (Phi) is 8.01. The molecule has 0 aliphatic rings. The molecule has 8 nitrogen and oxygen atoms in total. The van der Waals surface area contributed by atoms with E-state index in [2.05, 4.69) is 30.6 Å². The van der Waals surface area contributed by atoms with Crippen molar-refractivity contribution in [1.82, 2.24) is 19.9 Å². The summed E-state index contributed by atoms with van der Waals surface area (Å²) < 4.78 is 0. The largest absolute Gasteiger partial charge is 0.333 e. The molecule has 0 unspecified atom stereocenters. The summed E-state index contributed by atoms with van der Waals surface area (Å²) in [7, 11) is 0. The number of thioether (sulfide) groups is 2. The fraction of sp³-hybridized carbons (Fsp3) is 0.0968. The minimum absolute atomic E-state index is 0.0863.